The Balaban J connectivity index is 1.94. The summed E-state index contributed by atoms with van der Waals surface area (Å²) in [5.41, 5.74) is 5.73. The second-order valence-corrected chi connectivity index (χ2v) is 5.16. The van der Waals surface area contributed by atoms with Crippen LogP contribution in [0.5, 0.6) is 0 Å². The van der Waals surface area contributed by atoms with E-state index in [0.29, 0.717) is 36.1 Å². The van der Waals surface area contributed by atoms with Crippen LogP contribution in [-0.2, 0) is 4.79 Å². The van der Waals surface area contributed by atoms with Crippen molar-refractivity contribution in [2.24, 2.45) is 11.7 Å². The molecule has 1 aromatic rings. The molecule has 2 heterocycles. The second-order valence-electron chi connectivity index (χ2n) is 4.77. The molecule has 1 aliphatic rings. The van der Waals surface area contributed by atoms with Crippen LogP contribution in [0.4, 0.5) is 0 Å². The Bertz CT molecular complexity index is 485. The highest BCUT2D eigenvalue weighted by Gasteiger charge is 2.24. The molecule has 1 fully saturated rings. The van der Waals surface area contributed by atoms with Crippen LogP contribution in [0.15, 0.2) is 18.3 Å². The van der Waals surface area contributed by atoms with E-state index in [1.165, 1.54) is 6.20 Å². The van der Waals surface area contributed by atoms with Crippen LogP contribution in [0.3, 0.4) is 0 Å². The van der Waals surface area contributed by atoms with E-state index in [2.05, 4.69) is 4.98 Å². The Morgan fingerprint density at radius 1 is 1.42 bits per heavy atom. The standard InChI is InChI=1S/C13H16ClN3O2/c14-11-8-10(1-4-16-11)13(19)17-5-2-9(3-6-17)7-12(15)18/h1,4,8-9H,2-3,5-7H2,(H2,15,18). The molecule has 2 N–H and O–H groups in total. The first-order valence-electron chi connectivity index (χ1n) is 6.25. The quantitative estimate of drug-likeness (QED) is 0.852. The van der Waals surface area contributed by atoms with Crippen LogP contribution < -0.4 is 5.73 Å². The van der Waals surface area contributed by atoms with Gasteiger partial charge in [-0.3, -0.25) is 9.59 Å². The monoisotopic (exact) mass is 281 g/mol. The average Bonchev–Trinajstić information content (AvgIpc) is 2.38. The molecule has 0 atom stereocenters. The summed E-state index contributed by atoms with van der Waals surface area (Å²) >= 11 is 5.78. The zero-order chi connectivity index (χ0) is 13.8. The number of likely N-dealkylation sites (tertiary alicyclic amines) is 1. The van der Waals surface area contributed by atoms with Crippen molar-refractivity contribution in [3.8, 4) is 0 Å². The molecule has 6 heteroatoms. The lowest BCUT2D eigenvalue weighted by Crippen LogP contribution is -2.39. The minimum Gasteiger partial charge on any atom is -0.370 e. The topological polar surface area (TPSA) is 76.3 Å². The van der Waals surface area contributed by atoms with E-state index in [-0.39, 0.29) is 11.8 Å². The van der Waals surface area contributed by atoms with Crippen LogP contribution in [-0.4, -0.2) is 34.8 Å². The summed E-state index contributed by atoms with van der Waals surface area (Å²) in [6.07, 6.45) is 3.56. The van der Waals surface area contributed by atoms with Crippen molar-refractivity contribution in [3.05, 3.63) is 29.0 Å². The third kappa shape index (κ3) is 3.67. The largest absolute Gasteiger partial charge is 0.370 e. The van der Waals surface area contributed by atoms with Crippen LogP contribution in [0.2, 0.25) is 5.15 Å². The minimum atomic E-state index is -0.273. The van der Waals surface area contributed by atoms with Crippen LogP contribution in [0.25, 0.3) is 0 Å². The summed E-state index contributed by atoms with van der Waals surface area (Å²) in [5.74, 6) is -0.0184. The first-order valence-corrected chi connectivity index (χ1v) is 6.63. The Morgan fingerprint density at radius 3 is 2.68 bits per heavy atom. The van der Waals surface area contributed by atoms with E-state index in [4.69, 9.17) is 17.3 Å². The summed E-state index contributed by atoms with van der Waals surface area (Å²) < 4.78 is 0. The number of rotatable bonds is 3. The van der Waals surface area contributed by atoms with E-state index >= 15 is 0 Å². The second kappa shape index (κ2) is 6.02. The van der Waals surface area contributed by atoms with E-state index in [1.54, 1.807) is 17.0 Å². The van der Waals surface area contributed by atoms with Crippen molar-refractivity contribution in [1.29, 1.82) is 0 Å². The fourth-order valence-electron chi connectivity index (χ4n) is 2.34. The number of aromatic nitrogens is 1. The molecule has 0 aromatic carbocycles. The van der Waals surface area contributed by atoms with Gasteiger partial charge in [-0.15, -0.1) is 0 Å². The number of nitrogens with zero attached hydrogens (tertiary/aromatic N) is 2. The highest BCUT2D eigenvalue weighted by molar-refractivity contribution is 6.29. The van der Waals surface area contributed by atoms with Crippen LogP contribution in [0.1, 0.15) is 29.6 Å². The summed E-state index contributed by atoms with van der Waals surface area (Å²) in [6.45, 7) is 1.30. The Kier molecular flexibility index (Phi) is 4.37. The number of carbonyl (C=O) groups is 2. The van der Waals surface area contributed by atoms with Crippen LogP contribution >= 0.6 is 11.6 Å². The first kappa shape index (κ1) is 13.8. The molecule has 1 saturated heterocycles. The lowest BCUT2D eigenvalue weighted by Gasteiger charge is -2.31. The Morgan fingerprint density at radius 2 is 2.11 bits per heavy atom. The highest BCUT2D eigenvalue weighted by Crippen LogP contribution is 2.21. The van der Waals surface area contributed by atoms with Crippen molar-refractivity contribution in [1.82, 2.24) is 9.88 Å². The van der Waals surface area contributed by atoms with Gasteiger partial charge in [-0.1, -0.05) is 11.6 Å². The van der Waals surface area contributed by atoms with Gasteiger partial charge < -0.3 is 10.6 Å². The molecule has 2 amide bonds. The minimum absolute atomic E-state index is 0.0400. The predicted molar refractivity (Wildman–Crippen MR) is 71.7 cm³/mol. The van der Waals surface area contributed by atoms with Gasteiger partial charge in [0.05, 0.1) is 0 Å². The fourth-order valence-corrected chi connectivity index (χ4v) is 2.52. The maximum atomic E-state index is 12.2. The van der Waals surface area contributed by atoms with E-state index in [1.807, 2.05) is 0 Å². The molecule has 1 aliphatic heterocycles. The molecule has 0 unspecified atom stereocenters. The normalized spacial score (nSPS) is 16.4. The molecule has 0 spiro atoms. The molecule has 102 valence electrons. The van der Waals surface area contributed by atoms with Crippen molar-refractivity contribution < 1.29 is 9.59 Å². The number of primary amides is 1. The zero-order valence-corrected chi connectivity index (χ0v) is 11.3. The molecule has 0 aliphatic carbocycles. The number of halogens is 1. The average molecular weight is 282 g/mol. The van der Waals surface area contributed by atoms with Gasteiger partial charge in [0.15, 0.2) is 0 Å². The van der Waals surface area contributed by atoms with Gasteiger partial charge in [-0.05, 0) is 30.9 Å². The number of amides is 2. The van der Waals surface area contributed by atoms with Crippen LogP contribution in [0, 0.1) is 5.92 Å². The molecule has 0 bridgehead atoms. The molecular formula is C13H16ClN3O2. The maximum Gasteiger partial charge on any atom is 0.254 e. The molecular weight excluding hydrogens is 266 g/mol. The van der Waals surface area contributed by atoms with Gasteiger partial charge in [0.2, 0.25) is 5.91 Å². The van der Waals surface area contributed by atoms with Gasteiger partial charge >= 0.3 is 0 Å². The van der Waals surface area contributed by atoms with E-state index in [9.17, 15) is 9.59 Å². The molecule has 2 rings (SSSR count). The number of hydrogen-bond acceptors (Lipinski definition) is 3. The summed E-state index contributed by atoms with van der Waals surface area (Å²) in [5, 5.41) is 0.314. The number of carbonyl (C=O) groups excluding carboxylic acids is 2. The smallest absolute Gasteiger partial charge is 0.254 e. The maximum absolute atomic E-state index is 12.2. The van der Waals surface area contributed by atoms with Gasteiger partial charge in [0, 0.05) is 31.3 Å². The zero-order valence-electron chi connectivity index (χ0n) is 10.5. The lowest BCUT2D eigenvalue weighted by molar-refractivity contribution is -0.119. The number of nitrogens with two attached hydrogens (primary N) is 1. The predicted octanol–water partition coefficient (Wildman–Crippen LogP) is 1.46. The number of piperidine rings is 1. The fraction of sp³-hybridized carbons (Fsp3) is 0.462. The Labute approximate surface area is 116 Å². The molecule has 19 heavy (non-hydrogen) atoms. The summed E-state index contributed by atoms with van der Waals surface area (Å²) in [6, 6.07) is 3.23. The van der Waals surface area contributed by atoms with E-state index in [0.717, 1.165) is 12.8 Å². The number of pyridine rings is 1. The van der Waals surface area contributed by atoms with Crippen molar-refractivity contribution in [3.63, 3.8) is 0 Å². The van der Waals surface area contributed by atoms with Crippen molar-refractivity contribution in [2.75, 3.05) is 13.1 Å². The van der Waals surface area contributed by atoms with Gasteiger partial charge in [-0.2, -0.15) is 0 Å². The van der Waals surface area contributed by atoms with E-state index < -0.39 is 0 Å². The molecule has 5 nitrogen and oxygen atoms in total. The Hall–Kier alpha value is -1.62. The van der Waals surface area contributed by atoms with Crippen molar-refractivity contribution in [2.45, 2.75) is 19.3 Å². The molecule has 1 aromatic heterocycles. The molecule has 0 radical (unpaired) electrons. The lowest BCUT2D eigenvalue weighted by atomic mass is 9.93. The van der Waals surface area contributed by atoms with Crippen molar-refractivity contribution >= 4 is 23.4 Å². The molecule has 0 saturated carbocycles. The summed E-state index contributed by atoms with van der Waals surface area (Å²) in [7, 11) is 0. The van der Waals surface area contributed by atoms with Gasteiger partial charge in [0.1, 0.15) is 5.15 Å². The summed E-state index contributed by atoms with van der Waals surface area (Å²) in [4.78, 5) is 28.7. The highest BCUT2D eigenvalue weighted by atomic mass is 35.5. The van der Waals surface area contributed by atoms with Gasteiger partial charge in [-0.25, -0.2) is 4.98 Å². The number of hydrogen-bond donors (Lipinski definition) is 1. The third-order valence-corrected chi connectivity index (χ3v) is 3.57. The first-order chi connectivity index (χ1) is 9.06. The third-order valence-electron chi connectivity index (χ3n) is 3.37. The van der Waals surface area contributed by atoms with Gasteiger partial charge in [0.25, 0.3) is 5.91 Å². The SMILES string of the molecule is NC(=O)CC1CCN(C(=O)c2ccnc(Cl)c2)CC1.